The first-order chi connectivity index (χ1) is 16.1. The van der Waals surface area contributed by atoms with Crippen LogP contribution in [0.3, 0.4) is 0 Å². The predicted molar refractivity (Wildman–Crippen MR) is 122 cm³/mol. The molecule has 0 fully saturated rings. The number of methoxy groups -OCH3 is 2. The van der Waals surface area contributed by atoms with Gasteiger partial charge in [0.1, 0.15) is 16.4 Å². The van der Waals surface area contributed by atoms with Crippen LogP contribution in [-0.2, 0) is 15.7 Å². The molecule has 180 valence electrons. The number of rotatable bonds is 6. The Labute approximate surface area is 197 Å². The molecule has 0 atom stereocenters. The number of hydrogen-bond acceptors (Lipinski definition) is 8. The summed E-state index contributed by atoms with van der Waals surface area (Å²) >= 11 is 0.865. The second kappa shape index (κ2) is 10.1. The molecule has 0 amide bonds. The first kappa shape index (κ1) is 25.0. The number of benzene rings is 2. The minimum atomic E-state index is -4.57. The summed E-state index contributed by atoms with van der Waals surface area (Å²) in [5.74, 6) is -1.21. The van der Waals surface area contributed by atoms with Crippen molar-refractivity contribution >= 4 is 34.5 Å². The molecule has 0 radical (unpaired) electrons. The summed E-state index contributed by atoms with van der Waals surface area (Å²) in [5.41, 5.74) is -0.843. The van der Waals surface area contributed by atoms with Gasteiger partial charge in [0.15, 0.2) is 11.5 Å². The van der Waals surface area contributed by atoms with Gasteiger partial charge in [-0.15, -0.1) is 0 Å². The second-order valence-electron chi connectivity index (χ2n) is 6.80. The lowest BCUT2D eigenvalue weighted by Gasteiger charge is -2.10. The van der Waals surface area contributed by atoms with Crippen LogP contribution in [0.1, 0.15) is 18.1 Å². The first-order valence-corrected chi connectivity index (χ1v) is 10.6. The van der Waals surface area contributed by atoms with Gasteiger partial charge in [-0.05, 0) is 48.9 Å². The predicted octanol–water partition coefficient (Wildman–Crippen LogP) is 5.62. The Kier molecular flexibility index (Phi) is 7.45. The topological polar surface area (TPSA) is 97.6 Å². The van der Waals surface area contributed by atoms with Crippen LogP contribution in [0.15, 0.2) is 57.6 Å². The zero-order valence-electron chi connectivity index (χ0n) is 18.3. The number of nitrogens with zero attached hydrogens (tertiary/aromatic N) is 1. The fourth-order valence-corrected chi connectivity index (χ4v) is 4.10. The molecule has 34 heavy (non-hydrogen) atoms. The number of aromatic hydroxyl groups is 1. The number of thioether (sulfide) groups is 1. The Hall–Kier alpha value is -3.60. The quantitative estimate of drug-likeness (QED) is 0.502. The van der Waals surface area contributed by atoms with Gasteiger partial charge in [0.2, 0.25) is 5.75 Å². The molecule has 0 spiro atoms. The molecule has 0 aliphatic carbocycles. The molecule has 0 bridgehead atoms. The van der Waals surface area contributed by atoms with Gasteiger partial charge in [-0.3, -0.25) is 0 Å². The summed E-state index contributed by atoms with van der Waals surface area (Å²) in [7, 11) is 2.74. The zero-order valence-corrected chi connectivity index (χ0v) is 19.1. The lowest BCUT2D eigenvalue weighted by molar-refractivity contribution is -0.138. The number of alkyl halides is 3. The van der Waals surface area contributed by atoms with Crippen LogP contribution >= 0.6 is 11.8 Å². The SMILES string of the molecule is CCOC(=O)C1=C(O)/C(=C\c2cc(O)c(OC)c(OC)c2)SC1=Nc1cccc(C(F)(F)F)c1. The van der Waals surface area contributed by atoms with Crippen molar-refractivity contribution < 1.29 is 42.4 Å². The van der Waals surface area contributed by atoms with Crippen LogP contribution in [0.5, 0.6) is 17.2 Å². The maximum absolute atomic E-state index is 13.1. The summed E-state index contributed by atoms with van der Waals surface area (Å²) in [6.45, 7) is 1.59. The highest BCUT2D eigenvalue weighted by atomic mass is 32.2. The van der Waals surface area contributed by atoms with Crippen LogP contribution < -0.4 is 9.47 Å². The van der Waals surface area contributed by atoms with E-state index in [0.717, 1.165) is 23.9 Å². The molecule has 0 unspecified atom stereocenters. The van der Waals surface area contributed by atoms with E-state index in [1.807, 2.05) is 0 Å². The monoisotopic (exact) mass is 495 g/mol. The number of phenols is 1. The highest BCUT2D eigenvalue weighted by Gasteiger charge is 2.34. The van der Waals surface area contributed by atoms with Crippen LogP contribution in [0, 0.1) is 0 Å². The van der Waals surface area contributed by atoms with E-state index in [2.05, 4.69) is 4.99 Å². The number of hydrogen-bond donors (Lipinski definition) is 2. The smallest absolute Gasteiger partial charge is 0.416 e. The Morgan fingerprint density at radius 2 is 1.88 bits per heavy atom. The van der Waals surface area contributed by atoms with Gasteiger partial charge in [0.25, 0.3) is 0 Å². The third kappa shape index (κ3) is 5.30. The molecular formula is C23H20F3NO6S. The van der Waals surface area contributed by atoms with Crippen molar-refractivity contribution in [2.45, 2.75) is 13.1 Å². The number of carbonyl (C=O) groups is 1. The number of halogens is 3. The molecule has 2 N–H and O–H groups in total. The van der Waals surface area contributed by atoms with E-state index in [1.165, 1.54) is 44.6 Å². The van der Waals surface area contributed by atoms with Crippen molar-refractivity contribution in [3.8, 4) is 17.2 Å². The standard InChI is InChI=1S/C23H20F3NO6S/c1-4-33-22(30)18-19(29)17(10-12-8-15(28)20(32-3)16(9-12)31-2)34-21(18)27-14-7-5-6-13(11-14)23(24,25)26/h5-11,28-29H,4H2,1-3H3/b17-10+,27-21?. The number of aliphatic imine (C=N–C) groups is 1. The van der Waals surface area contributed by atoms with E-state index in [9.17, 15) is 28.2 Å². The van der Waals surface area contributed by atoms with Crippen LogP contribution in [0.4, 0.5) is 18.9 Å². The molecule has 1 aliphatic rings. The fourth-order valence-electron chi connectivity index (χ4n) is 3.06. The maximum atomic E-state index is 13.1. The number of aliphatic hydroxyl groups is 1. The van der Waals surface area contributed by atoms with Gasteiger partial charge in [-0.2, -0.15) is 13.2 Å². The Balaban J connectivity index is 2.09. The third-order valence-electron chi connectivity index (χ3n) is 4.55. The molecule has 0 saturated carbocycles. The van der Waals surface area contributed by atoms with Crippen LogP contribution in [0.2, 0.25) is 0 Å². The Morgan fingerprint density at radius 1 is 1.15 bits per heavy atom. The van der Waals surface area contributed by atoms with Crippen molar-refractivity contribution in [2.75, 3.05) is 20.8 Å². The Morgan fingerprint density at radius 3 is 2.50 bits per heavy atom. The largest absolute Gasteiger partial charge is 0.506 e. The van der Waals surface area contributed by atoms with Crippen molar-refractivity contribution in [1.29, 1.82) is 0 Å². The fraction of sp³-hybridized carbons (Fsp3) is 0.217. The number of phenolic OH excluding ortho intramolecular Hbond substituents is 1. The van der Waals surface area contributed by atoms with E-state index < -0.39 is 23.5 Å². The van der Waals surface area contributed by atoms with Crippen LogP contribution in [0.25, 0.3) is 6.08 Å². The van der Waals surface area contributed by atoms with Gasteiger partial charge in [0.05, 0.1) is 37.0 Å². The minimum absolute atomic E-state index is 0.0136. The molecule has 7 nitrogen and oxygen atoms in total. The molecule has 0 saturated heterocycles. The molecule has 1 aliphatic heterocycles. The maximum Gasteiger partial charge on any atom is 0.416 e. The van der Waals surface area contributed by atoms with Gasteiger partial charge < -0.3 is 24.4 Å². The van der Waals surface area contributed by atoms with Crippen LogP contribution in [-0.4, -0.2) is 42.1 Å². The second-order valence-corrected chi connectivity index (χ2v) is 7.83. The van der Waals surface area contributed by atoms with Gasteiger partial charge >= 0.3 is 12.1 Å². The first-order valence-electron chi connectivity index (χ1n) is 9.80. The Bertz CT molecular complexity index is 1200. The molecule has 2 aromatic rings. The number of esters is 1. The molecule has 0 aromatic heterocycles. The minimum Gasteiger partial charge on any atom is -0.506 e. The van der Waals surface area contributed by atoms with Crippen molar-refractivity contribution in [3.05, 3.63) is 63.8 Å². The van der Waals surface area contributed by atoms with Crippen molar-refractivity contribution in [2.24, 2.45) is 4.99 Å². The summed E-state index contributed by atoms with van der Waals surface area (Å²) in [6.07, 6.45) is -3.11. The molecular weight excluding hydrogens is 475 g/mol. The summed E-state index contributed by atoms with van der Waals surface area (Å²) < 4.78 is 54.5. The normalized spacial score (nSPS) is 16.3. The summed E-state index contributed by atoms with van der Waals surface area (Å²) in [4.78, 5) is 16.8. The van der Waals surface area contributed by atoms with E-state index in [4.69, 9.17) is 14.2 Å². The van der Waals surface area contributed by atoms with Gasteiger partial charge in [0, 0.05) is 0 Å². The lowest BCUT2D eigenvalue weighted by atomic mass is 10.1. The molecule has 1 heterocycles. The van der Waals surface area contributed by atoms with Crippen molar-refractivity contribution in [3.63, 3.8) is 0 Å². The number of carbonyl (C=O) groups excluding carboxylic acids is 1. The van der Waals surface area contributed by atoms with E-state index in [0.29, 0.717) is 5.56 Å². The summed E-state index contributed by atoms with van der Waals surface area (Å²) in [6, 6.07) is 7.16. The van der Waals surface area contributed by atoms with E-state index in [-0.39, 0.29) is 45.1 Å². The molecule has 3 rings (SSSR count). The van der Waals surface area contributed by atoms with E-state index >= 15 is 0 Å². The third-order valence-corrected chi connectivity index (χ3v) is 5.57. The van der Waals surface area contributed by atoms with Gasteiger partial charge in [-0.1, -0.05) is 17.8 Å². The summed E-state index contributed by atoms with van der Waals surface area (Å²) in [5, 5.41) is 20.9. The zero-order chi connectivity index (χ0) is 25.0. The van der Waals surface area contributed by atoms with Gasteiger partial charge in [-0.25, -0.2) is 9.79 Å². The molecule has 2 aromatic carbocycles. The van der Waals surface area contributed by atoms with E-state index in [1.54, 1.807) is 6.92 Å². The lowest BCUT2D eigenvalue weighted by Crippen LogP contribution is -2.13. The highest BCUT2D eigenvalue weighted by Crippen LogP contribution is 2.43. The van der Waals surface area contributed by atoms with Crippen molar-refractivity contribution in [1.82, 2.24) is 0 Å². The highest BCUT2D eigenvalue weighted by molar-refractivity contribution is 8.18. The number of ether oxygens (including phenoxy) is 3. The molecule has 11 heteroatoms. The average Bonchev–Trinajstić information content (AvgIpc) is 3.07. The number of aliphatic hydroxyl groups excluding tert-OH is 1. The average molecular weight is 495 g/mol.